The van der Waals surface area contributed by atoms with Gasteiger partial charge in [0.15, 0.2) is 0 Å². The van der Waals surface area contributed by atoms with E-state index in [-0.39, 0.29) is 0 Å². The summed E-state index contributed by atoms with van der Waals surface area (Å²) in [6.45, 7) is 3.75. The Bertz CT molecular complexity index is 444. The second-order valence-corrected chi connectivity index (χ2v) is 5.12. The van der Waals surface area contributed by atoms with Crippen molar-refractivity contribution in [3.8, 4) is 6.07 Å². The highest BCUT2D eigenvalue weighted by molar-refractivity contribution is 9.10. The van der Waals surface area contributed by atoms with Gasteiger partial charge in [0, 0.05) is 30.4 Å². The van der Waals surface area contributed by atoms with Gasteiger partial charge in [-0.1, -0.05) is 22.0 Å². The molecule has 0 radical (unpaired) electrons. The molecule has 0 unspecified atom stereocenters. The number of benzene rings is 1. The molecule has 0 spiro atoms. The number of methoxy groups -OCH3 is 1. The van der Waals surface area contributed by atoms with Crippen molar-refractivity contribution in [2.24, 2.45) is 0 Å². The summed E-state index contributed by atoms with van der Waals surface area (Å²) in [7, 11) is 1.66. The van der Waals surface area contributed by atoms with Crippen LogP contribution < -0.4 is 4.90 Å². The first-order chi connectivity index (χ1) is 9.10. The maximum Gasteiger partial charge on any atom is 0.0772 e. The Hall–Kier alpha value is -1.09. The fourth-order valence-corrected chi connectivity index (χ4v) is 2.51. The molecule has 0 bridgehead atoms. The van der Waals surface area contributed by atoms with Crippen molar-refractivity contribution < 1.29 is 9.84 Å². The van der Waals surface area contributed by atoms with E-state index in [0.717, 1.165) is 22.3 Å². The number of nitriles is 1. The molecule has 1 aromatic carbocycles. The Morgan fingerprint density at radius 2 is 2.21 bits per heavy atom. The Morgan fingerprint density at radius 3 is 2.74 bits per heavy atom. The van der Waals surface area contributed by atoms with Crippen molar-refractivity contribution in [1.29, 1.82) is 5.26 Å². The standard InChI is InChI=1S/C14H19BrN2O2/c1-11(18)13-5-4-12(10-14(13)15)17(7-3-6-16)8-9-19-2/h4-5,10-11,18H,3,7-9H2,1-2H3/t11-/m1/s1. The Balaban J connectivity index is 2.89. The van der Waals surface area contributed by atoms with Crippen LogP contribution in [-0.2, 0) is 4.74 Å². The van der Waals surface area contributed by atoms with E-state index in [0.29, 0.717) is 19.6 Å². The van der Waals surface area contributed by atoms with Crippen LogP contribution in [0.2, 0.25) is 0 Å². The van der Waals surface area contributed by atoms with Crippen LogP contribution in [0.15, 0.2) is 22.7 Å². The van der Waals surface area contributed by atoms with Crippen LogP contribution in [0.3, 0.4) is 0 Å². The molecule has 104 valence electrons. The smallest absolute Gasteiger partial charge is 0.0772 e. The molecule has 1 atom stereocenters. The molecule has 0 aliphatic heterocycles. The maximum absolute atomic E-state index is 9.61. The molecule has 4 nitrogen and oxygen atoms in total. The number of hydrogen-bond acceptors (Lipinski definition) is 4. The molecular formula is C14H19BrN2O2. The summed E-state index contributed by atoms with van der Waals surface area (Å²) in [4.78, 5) is 2.10. The first kappa shape index (κ1) is 16.0. The van der Waals surface area contributed by atoms with Crippen LogP contribution in [0.5, 0.6) is 0 Å². The molecule has 0 saturated heterocycles. The molecular weight excluding hydrogens is 308 g/mol. The van der Waals surface area contributed by atoms with Gasteiger partial charge in [0.05, 0.1) is 25.2 Å². The molecule has 1 aromatic rings. The van der Waals surface area contributed by atoms with Crippen molar-refractivity contribution in [1.82, 2.24) is 0 Å². The monoisotopic (exact) mass is 326 g/mol. The number of nitrogens with zero attached hydrogens (tertiary/aromatic N) is 2. The van der Waals surface area contributed by atoms with Crippen LogP contribution in [0.25, 0.3) is 0 Å². The summed E-state index contributed by atoms with van der Waals surface area (Å²) in [5, 5.41) is 18.3. The van der Waals surface area contributed by atoms with E-state index in [2.05, 4.69) is 26.9 Å². The molecule has 0 saturated carbocycles. The lowest BCUT2D eigenvalue weighted by Crippen LogP contribution is -2.28. The quantitative estimate of drug-likeness (QED) is 0.837. The van der Waals surface area contributed by atoms with Crippen LogP contribution in [0.4, 0.5) is 5.69 Å². The SMILES string of the molecule is COCCN(CCC#N)c1ccc([C@@H](C)O)c(Br)c1. The predicted molar refractivity (Wildman–Crippen MR) is 79.1 cm³/mol. The highest BCUT2D eigenvalue weighted by Gasteiger charge is 2.11. The first-order valence-electron chi connectivity index (χ1n) is 6.18. The molecule has 0 amide bonds. The van der Waals surface area contributed by atoms with Crippen molar-refractivity contribution in [3.05, 3.63) is 28.2 Å². The molecule has 5 heteroatoms. The Kier molecular flexibility index (Phi) is 6.85. The van der Waals surface area contributed by atoms with Crippen LogP contribution in [0, 0.1) is 11.3 Å². The average molecular weight is 327 g/mol. The van der Waals surface area contributed by atoms with Gasteiger partial charge in [-0.05, 0) is 24.6 Å². The van der Waals surface area contributed by atoms with Crippen molar-refractivity contribution in [3.63, 3.8) is 0 Å². The Morgan fingerprint density at radius 1 is 1.47 bits per heavy atom. The van der Waals surface area contributed by atoms with Gasteiger partial charge in [-0.25, -0.2) is 0 Å². The summed E-state index contributed by atoms with van der Waals surface area (Å²) in [6.07, 6.45) is -0.0330. The lowest BCUT2D eigenvalue weighted by atomic mass is 10.1. The van der Waals surface area contributed by atoms with E-state index in [1.165, 1.54) is 0 Å². The van der Waals surface area contributed by atoms with E-state index in [4.69, 9.17) is 10.00 Å². The number of aliphatic hydroxyl groups excluding tert-OH is 1. The minimum absolute atomic E-state index is 0.472. The summed E-state index contributed by atoms with van der Waals surface area (Å²) < 4.78 is 5.96. The van der Waals surface area contributed by atoms with E-state index >= 15 is 0 Å². The second kappa shape index (κ2) is 8.16. The summed E-state index contributed by atoms with van der Waals surface area (Å²) in [5.74, 6) is 0. The molecule has 1 N–H and O–H groups in total. The maximum atomic E-state index is 9.61. The number of halogens is 1. The average Bonchev–Trinajstić information content (AvgIpc) is 2.38. The fraction of sp³-hybridized carbons (Fsp3) is 0.500. The van der Waals surface area contributed by atoms with E-state index in [1.807, 2.05) is 18.2 Å². The second-order valence-electron chi connectivity index (χ2n) is 4.27. The number of rotatable bonds is 7. The van der Waals surface area contributed by atoms with Crippen LogP contribution >= 0.6 is 15.9 Å². The zero-order valence-corrected chi connectivity index (χ0v) is 12.9. The van der Waals surface area contributed by atoms with E-state index < -0.39 is 6.10 Å². The van der Waals surface area contributed by atoms with Crippen molar-refractivity contribution in [2.45, 2.75) is 19.4 Å². The lowest BCUT2D eigenvalue weighted by molar-refractivity contribution is 0.198. The summed E-state index contributed by atoms with van der Waals surface area (Å²) in [6, 6.07) is 7.98. The van der Waals surface area contributed by atoms with Crippen LogP contribution in [0.1, 0.15) is 25.0 Å². The van der Waals surface area contributed by atoms with Gasteiger partial charge in [-0.15, -0.1) is 0 Å². The van der Waals surface area contributed by atoms with Gasteiger partial charge in [-0.2, -0.15) is 5.26 Å². The largest absolute Gasteiger partial charge is 0.389 e. The highest BCUT2D eigenvalue weighted by Crippen LogP contribution is 2.28. The molecule has 0 aliphatic carbocycles. The molecule has 0 aromatic heterocycles. The number of anilines is 1. The van der Waals surface area contributed by atoms with E-state index in [9.17, 15) is 5.11 Å². The molecule has 0 fully saturated rings. The predicted octanol–water partition coefficient (Wildman–Crippen LogP) is 2.87. The molecule has 19 heavy (non-hydrogen) atoms. The summed E-state index contributed by atoms with van der Waals surface area (Å²) >= 11 is 3.47. The molecule has 0 heterocycles. The van der Waals surface area contributed by atoms with Crippen molar-refractivity contribution in [2.75, 3.05) is 31.7 Å². The van der Waals surface area contributed by atoms with Gasteiger partial charge < -0.3 is 14.7 Å². The zero-order chi connectivity index (χ0) is 14.3. The lowest BCUT2D eigenvalue weighted by Gasteiger charge is -2.24. The minimum Gasteiger partial charge on any atom is -0.389 e. The van der Waals surface area contributed by atoms with Gasteiger partial charge in [0.25, 0.3) is 0 Å². The third kappa shape index (κ3) is 4.83. The van der Waals surface area contributed by atoms with E-state index in [1.54, 1.807) is 14.0 Å². The Labute approximate surface area is 122 Å². The van der Waals surface area contributed by atoms with Gasteiger partial charge >= 0.3 is 0 Å². The van der Waals surface area contributed by atoms with Crippen LogP contribution in [-0.4, -0.2) is 31.9 Å². The number of hydrogen-bond donors (Lipinski definition) is 1. The third-order valence-electron chi connectivity index (χ3n) is 2.86. The van der Waals surface area contributed by atoms with Gasteiger partial charge in [0.2, 0.25) is 0 Å². The van der Waals surface area contributed by atoms with Gasteiger partial charge in [0.1, 0.15) is 0 Å². The highest BCUT2D eigenvalue weighted by atomic mass is 79.9. The summed E-state index contributed by atoms with van der Waals surface area (Å²) in [5.41, 5.74) is 1.87. The first-order valence-corrected chi connectivity index (χ1v) is 6.97. The fourth-order valence-electron chi connectivity index (χ4n) is 1.81. The normalized spacial score (nSPS) is 11.9. The third-order valence-corrected chi connectivity index (χ3v) is 3.54. The topological polar surface area (TPSA) is 56.5 Å². The number of aliphatic hydroxyl groups is 1. The molecule has 1 rings (SSSR count). The van der Waals surface area contributed by atoms with Crippen molar-refractivity contribution >= 4 is 21.6 Å². The molecule has 0 aliphatic rings. The minimum atomic E-state index is -0.505. The van der Waals surface area contributed by atoms with Gasteiger partial charge in [-0.3, -0.25) is 0 Å². The number of ether oxygens (including phenoxy) is 1. The zero-order valence-electron chi connectivity index (χ0n) is 11.3.